The number of aryl methyl sites for hydroxylation is 2. The molecule has 2 aromatic heterocycles. The Kier molecular flexibility index (Phi) is 4.31. The Hall–Kier alpha value is -2.71. The average Bonchev–Trinajstić information content (AvgIpc) is 2.80. The van der Waals surface area contributed by atoms with E-state index in [4.69, 9.17) is 0 Å². The molecule has 0 amide bonds. The summed E-state index contributed by atoms with van der Waals surface area (Å²) >= 11 is 0. The molecule has 112 valence electrons. The second kappa shape index (κ2) is 6.16. The van der Waals surface area contributed by atoms with Crippen molar-refractivity contribution in [2.45, 2.75) is 20.3 Å². The SMILES string of the molecule is CCCNc1nc(C)c([N+](=O)[O-])c(Nc2cnn(C)c2)n1. The van der Waals surface area contributed by atoms with Crippen molar-refractivity contribution in [1.82, 2.24) is 19.7 Å². The van der Waals surface area contributed by atoms with Gasteiger partial charge in [0.05, 0.1) is 16.8 Å². The lowest BCUT2D eigenvalue weighted by atomic mass is 10.3. The number of hydrogen-bond donors (Lipinski definition) is 2. The Bertz CT molecular complexity index is 653. The number of hydrogen-bond acceptors (Lipinski definition) is 7. The number of aromatic nitrogens is 4. The molecule has 0 saturated carbocycles. The van der Waals surface area contributed by atoms with E-state index in [2.05, 4.69) is 25.7 Å². The molecule has 21 heavy (non-hydrogen) atoms. The molecule has 0 aliphatic heterocycles. The summed E-state index contributed by atoms with van der Waals surface area (Å²) in [5, 5.41) is 21.2. The number of nitrogens with one attached hydrogen (secondary N) is 2. The molecule has 9 heteroatoms. The first-order chi connectivity index (χ1) is 10.0. The fraction of sp³-hybridized carbons (Fsp3) is 0.417. The van der Waals surface area contributed by atoms with Gasteiger partial charge in [0.1, 0.15) is 5.69 Å². The Morgan fingerprint density at radius 3 is 2.76 bits per heavy atom. The maximum Gasteiger partial charge on any atom is 0.332 e. The van der Waals surface area contributed by atoms with E-state index in [1.165, 1.54) is 0 Å². The minimum absolute atomic E-state index is 0.138. The fourth-order valence-electron chi connectivity index (χ4n) is 1.81. The summed E-state index contributed by atoms with van der Waals surface area (Å²) in [5.41, 5.74) is 0.793. The average molecular weight is 291 g/mol. The molecule has 0 unspecified atom stereocenters. The Morgan fingerprint density at radius 1 is 1.43 bits per heavy atom. The highest BCUT2D eigenvalue weighted by atomic mass is 16.6. The highest BCUT2D eigenvalue weighted by Gasteiger charge is 2.22. The van der Waals surface area contributed by atoms with E-state index in [1.54, 1.807) is 31.0 Å². The largest absolute Gasteiger partial charge is 0.354 e. The lowest BCUT2D eigenvalue weighted by Gasteiger charge is -2.09. The Morgan fingerprint density at radius 2 is 2.19 bits per heavy atom. The van der Waals surface area contributed by atoms with E-state index in [0.29, 0.717) is 23.9 Å². The van der Waals surface area contributed by atoms with E-state index >= 15 is 0 Å². The highest BCUT2D eigenvalue weighted by molar-refractivity contribution is 5.67. The van der Waals surface area contributed by atoms with Gasteiger partial charge in [0.15, 0.2) is 0 Å². The fourth-order valence-corrected chi connectivity index (χ4v) is 1.81. The predicted octanol–water partition coefficient (Wildman–Crippen LogP) is 1.99. The maximum atomic E-state index is 11.2. The van der Waals surface area contributed by atoms with E-state index < -0.39 is 4.92 Å². The molecule has 0 aromatic carbocycles. The van der Waals surface area contributed by atoms with Crippen LogP contribution in [0, 0.1) is 17.0 Å². The molecule has 0 saturated heterocycles. The van der Waals surface area contributed by atoms with Gasteiger partial charge in [-0.3, -0.25) is 14.8 Å². The third-order valence-corrected chi connectivity index (χ3v) is 2.74. The second-order valence-electron chi connectivity index (χ2n) is 4.54. The van der Waals surface area contributed by atoms with Crippen LogP contribution in [0.4, 0.5) is 23.1 Å². The van der Waals surface area contributed by atoms with Gasteiger partial charge < -0.3 is 10.6 Å². The molecule has 0 bridgehead atoms. The van der Waals surface area contributed by atoms with Crippen LogP contribution in [0.3, 0.4) is 0 Å². The first kappa shape index (κ1) is 14.7. The zero-order valence-corrected chi connectivity index (χ0v) is 12.1. The molecule has 0 aliphatic rings. The summed E-state index contributed by atoms with van der Waals surface area (Å²) in [4.78, 5) is 19.0. The van der Waals surface area contributed by atoms with Crippen molar-refractivity contribution in [1.29, 1.82) is 0 Å². The van der Waals surface area contributed by atoms with Crippen molar-refractivity contribution in [2.24, 2.45) is 7.05 Å². The van der Waals surface area contributed by atoms with Crippen LogP contribution >= 0.6 is 0 Å². The molecular weight excluding hydrogens is 274 g/mol. The molecular formula is C12H17N7O2. The predicted molar refractivity (Wildman–Crippen MR) is 78.7 cm³/mol. The van der Waals surface area contributed by atoms with E-state index in [0.717, 1.165) is 6.42 Å². The second-order valence-corrected chi connectivity index (χ2v) is 4.54. The van der Waals surface area contributed by atoms with Gasteiger partial charge in [0, 0.05) is 19.8 Å². The monoisotopic (exact) mass is 291 g/mol. The minimum Gasteiger partial charge on any atom is -0.354 e. The zero-order valence-electron chi connectivity index (χ0n) is 12.1. The first-order valence-electron chi connectivity index (χ1n) is 6.53. The molecule has 2 heterocycles. The van der Waals surface area contributed by atoms with Crippen molar-refractivity contribution in [2.75, 3.05) is 17.2 Å². The minimum atomic E-state index is -0.488. The Balaban J connectivity index is 2.39. The molecule has 9 nitrogen and oxygen atoms in total. The van der Waals surface area contributed by atoms with Crippen LogP contribution in [0.1, 0.15) is 19.0 Å². The van der Waals surface area contributed by atoms with Crippen molar-refractivity contribution in [3.8, 4) is 0 Å². The van der Waals surface area contributed by atoms with Crippen molar-refractivity contribution < 1.29 is 4.92 Å². The number of nitro groups is 1. The van der Waals surface area contributed by atoms with Gasteiger partial charge in [-0.15, -0.1) is 0 Å². The maximum absolute atomic E-state index is 11.2. The molecule has 0 atom stereocenters. The highest BCUT2D eigenvalue weighted by Crippen LogP contribution is 2.29. The summed E-state index contributed by atoms with van der Waals surface area (Å²) in [6.07, 6.45) is 4.19. The van der Waals surface area contributed by atoms with Gasteiger partial charge in [-0.05, 0) is 13.3 Å². The van der Waals surface area contributed by atoms with Gasteiger partial charge >= 0.3 is 5.69 Å². The van der Waals surface area contributed by atoms with Crippen LogP contribution in [-0.4, -0.2) is 31.2 Å². The van der Waals surface area contributed by atoms with Crippen LogP contribution in [0.5, 0.6) is 0 Å². The van der Waals surface area contributed by atoms with E-state index in [1.807, 2.05) is 6.92 Å². The van der Waals surface area contributed by atoms with Crippen LogP contribution in [0.15, 0.2) is 12.4 Å². The standard InChI is InChI=1S/C12H17N7O2/c1-4-5-13-12-15-8(2)10(19(20)21)11(17-12)16-9-6-14-18(3)7-9/h6-7H,4-5H2,1-3H3,(H2,13,15,16,17). The molecule has 2 rings (SSSR count). The zero-order chi connectivity index (χ0) is 15.4. The molecule has 0 radical (unpaired) electrons. The third kappa shape index (κ3) is 3.44. The normalized spacial score (nSPS) is 10.4. The smallest absolute Gasteiger partial charge is 0.332 e. The van der Waals surface area contributed by atoms with Crippen molar-refractivity contribution in [3.05, 3.63) is 28.2 Å². The van der Waals surface area contributed by atoms with Crippen LogP contribution in [0.25, 0.3) is 0 Å². The summed E-state index contributed by atoms with van der Waals surface area (Å²) in [6, 6.07) is 0. The third-order valence-electron chi connectivity index (χ3n) is 2.74. The first-order valence-corrected chi connectivity index (χ1v) is 6.53. The topological polar surface area (TPSA) is 111 Å². The number of nitrogens with zero attached hydrogens (tertiary/aromatic N) is 5. The Labute approximate surface area is 121 Å². The summed E-state index contributed by atoms with van der Waals surface area (Å²) in [5.74, 6) is 0.519. The van der Waals surface area contributed by atoms with Gasteiger partial charge in [-0.1, -0.05) is 6.92 Å². The summed E-state index contributed by atoms with van der Waals surface area (Å²) in [7, 11) is 1.76. The molecule has 0 spiro atoms. The van der Waals surface area contributed by atoms with E-state index in [9.17, 15) is 10.1 Å². The quantitative estimate of drug-likeness (QED) is 0.618. The summed E-state index contributed by atoms with van der Waals surface area (Å²) in [6.45, 7) is 4.30. The number of rotatable bonds is 6. The van der Waals surface area contributed by atoms with Crippen LogP contribution in [-0.2, 0) is 7.05 Å². The number of anilines is 3. The lowest BCUT2D eigenvalue weighted by molar-refractivity contribution is -0.385. The van der Waals surface area contributed by atoms with Gasteiger partial charge in [0.25, 0.3) is 0 Å². The van der Waals surface area contributed by atoms with Crippen molar-refractivity contribution in [3.63, 3.8) is 0 Å². The van der Waals surface area contributed by atoms with E-state index in [-0.39, 0.29) is 11.5 Å². The van der Waals surface area contributed by atoms with Crippen molar-refractivity contribution >= 4 is 23.1 Å². The van der Waals surface area contributed by atoms with Gasteiger partial charge in [-0.25, -0.2) is 4.98 Å². The summed E-state index contributed by atoms with van der Waals surface area (Å²) < 4.78 is 1.60. The molecule has 2 N–H and O–H groups in total. The van der Waals surface area contributed by atoms with Crippen LogP contribution in [0.2, 0.25) is 0 Å². The molecule has 2 aromatic rings. The van der Waals surface area contributed by atoms with Gasteiger partial charge in [-0.2, -0.15) is 10.1 Å². The van der Waals surface area contributed by atoms with Gasteiger partial charge in [0.2, 0.25) is 11.8 Å². The lowest BCUT2D eigenvalue weighted by Crippen LogP contribution is -2.09. The molecule has 0 fully saturated rings. The molecule has 0 aliphatic carbocycles. The van der Waals surface area contributed by atoms with Crippen LogP contribution < -0.4 is 10.6 Å².